The summed E-state index contributed by atoms with van der Waals surface area (Å²) in [6.45, 7) is -0.306. The van der Waals surface area contributed by atoms with Crippen molar-refractivity contribution in [3.05, 3.63) is 102 Å². The first-order valence-corrected chi connectivity index (χ1v) is 11.2. The first-order valence-electron chi connectivity index (χ1n) is 9.69. The van der Waals surface area contributed by atoms with Gasteiger partial charge in [-0.15, -0.1) is 0 Å². The molecule has 0 aliphatic heterocycles. The van der Waals surface area contributed by atoms with Crippen LogP contribution in [0.3, 0.4) is 0 Å². The molecule has 3 rings (SSSR count). The van der Waals surface area contributed by atoms with Gasteiger partial charge in [-0.1, -0.05) is 60.7 Å². The van der Waals surface area contributed by atoms with E-state index >= 15 is 0 Å². The lowest BCUT2D eigenvalue weighted by molar-refractivity contribution is 0.0151. The number of benzene rings is 3. The number of rotatable bonds is 9. The zero-order chi connectivity index (χ0) is 22.1. The standard InChI is InChI=1S/C24H23NO5S/c26-18-22(30-24(27)20-11-3-1-4-12-20)14-8-10-19-9-7-13-21(17-19)25-31(28,29)23-15-5-2-6-16-23/h1-13,15-17,22,25-26H,14,18H2/b10-8+. The van der Waals surface area contributed by atoms with Crippen molar-refractivity contribution >= 4 is 27.8 Å². The molecular formula is C24H23NO5S. The summed E-state index contributed by atoms with van der Waals surface area (Å²) in [5.41, 5.74) is 1.61. The minimum absolute atomic E-state index is 0.182. The molecule has 7 heteroatoms. The maximum Gasteiger partial charge on any atom is 0.338 e. The molecule has 0 spiro atoms. The fourth-order valence-electron chi connectivity index (χ4n) is 2.83. The van der Waals surface area contributed by atoms with Crippen molar-refractivity contribution in [2.24, 2.45) is 0 Å². The number of aliphatic hydroxyl groups is 1. The number of nitrogens with one attached hydrogen (secondary N) is 1. The monoisotopic (exact) mass is 437 g/mol. The van der Waals surface area contributed by atoms with E-state index < -0.39 is 22.1 Å². The summed E-state index contributed by atoms with van der Waals surface area (Å²) in [4.78, 5) is 12.3. The highest BCUT2D eigenvalue weighted by Gasteiger charge is 2.14. The Balaban J connectivity index is 1.61. The number of anilines is 1. The molecule has 160 valence electrons. The summed E-state index contributed by atoms with van der Waals surface area (Å²) in [5.74, 6) is -0.495. The topological polar surface area (TPSA) is 92.7 Å². The van der Waals surface area contributed by atoms with Crippen LogP contribution >= 0.6 is 0 Å². The van der Waals surface area contributed by atoms with Gasteiger partial charge in [0.2, 0.25) is 0 Å². The van der Waals surface area contributed by atoms with Gasteiger partial charge in [0, 0.05) is 12.1 Å². The summed E-state index contributed by atoms with van der Waals surface area (Å²) < 4.78 is 32.8. The molecule has 0 fully saturated rings. The van der Waals surface area contributed by atoms with Gasteiger partial charge in [-0.2, -0.15) is 0 Å². The van der Waals surface area contributed by atoms with Gasteiger partial charge in [0.15, 0.2) is 0 Å². The number of carbonyl (C=O) groups excluding carboxylic acids is 1. The highest BCUT2D eigenvalue weighted by molar-refractivity contribution is 7.92. The van der Waals surface area contributed by atoms with Crippen molar-refractivity contribution in [2.45, 2.75) is 17.4 Å². The van der Waals surface area contributed by atoms with Crippen LogP contribution in [0.15, 0.2) is 95.9 Å². The highest BCUT2D eigenvalue weighted by Crippen LogP contribution is 2.18. The van der Waals surface area contributed by atoms with Crippen molar-refractivity contribution in [3.63, 3.8) is 0 Å². The second-order valence-corrected chi connectivity index (χ2v) is 8.44. The van der Waals surface area contributed by atoms with Crippen LogP contribution < -0.4 is 4.72 Å². The number of esters is 1. The molecule has 0 heterocycles. The molecule has 1 unspecified atom stereocenters. The Morgan fingerprint density at radius 1 is 0.968 bits per heavy atom. The summed E-state index contributed by atoms with van der Waals surface area (Å²) >= 11 is 0. The van der Waals surface area contributed by atoms with Gasteiger partial charge in [0.25, 0.3) is 10.0 Å². The van der Waals surface area contributed by atoms with Crippen molar-refractivity contribution in [3.8, 4) is 0 Å². The Hall–Kier alpha value is -3.42. The van der Waals surface area contributed by atoms with Gasteiger partial charge in [0.05, 0.1) is 17.1 Å². The Kier molecular flexibility index (Phi) is 7.59. The van der Waals surface area contributed by atoms with E-state index in [4.69, 9.17) is 4.74 Å². The lowest BCUT2D eigenvalue weighted by Crippen LogP contribution is -2.21. The summed E-state index contributed by atoms with van der Waals surface area (Å²) in [6.07, 6.45) is 3.18. The molecule has 6 nitrogen and oxygen atoms in total. The number of hydrogen-bond acceptors (Lipinski definition) is 5. The third-order valence-corrected chi connectivity index (χ3v) is 5.79. The fourth-order valence-corrected chi connectivity index (χ4v) is 3.90. The average molecular weight is 438 g/mol. The predicted octanol–water partition coefficient (Wildman–Crippen LogP) is 4.11. The number of aliphatic hydroxyl groups excluding tert-OH is 1. The Labute approximate surface area is 181 Å². The molecule has 31 heavy (non-hydrogen) atoms. The second kappa shape index (κ2) is 10.6. The van der Waals surface area contributed by atoms with E-state index in [2.05, 4.69) is 4.72 Å². The molecule has 3 aromatic carbocycles. The quantitative estimate of drug-likeness (QED) is 0.492. The lowest BCUT2D eigenvalue weighted by Gasteiger charge is -2.13. The van der Waals surface area contributed by atoms with Gasteiger partial charge in [0.1, 0.15) is 6.10 Å². The average Bonchev–Trinajstić information content (AvgIpc) is 2.79. The lowest BCUT2D eigenvalue weighted by atomic mass is 10.1. The van der Waals surface area contributed by atoms with E-state index in [0.717, 1.165) is 5.56 Å². The number of carbonyl (C=O) groups is 1. The smallest absolute Gasteiger partial charge is 0.338 e. The minimum atomic E-state index is -3.67. The third kappa shape index (κ3) is 6.53. The Morgan fingerprint density at radius 3 is 2.32 bits per heavy atom. The zero-order valence-electron chi connectivity index (χ0n) is 16.7. The second-order valence-electron chi connectivity index (χ2n) is 6.76. The molecule has 0 aliphatic carbocycles. The molecule has 2 N–H and O–H groups in total. The van der Waals surface area contributed by atoms with E-state index in [1.54, 1.807) is 78.9 Å². The van der Waals surface area contributed by atoms with E-state index in [1.165, 1.54) is 12.1 Å². The molecule has 0 saturated heterocycles. The number of sulfonamides is 1. The van der Waals surface area contributed by atoms with Crippen molar-refractivity contribution in [1.82, 2.24) is 0 Å². The van der Waals surface area contributed by atoms with Crippen LogP contribution in [-0.4, -0.2) is 32.2 Å². The largest absolute Gasteiger partial charge is 0.456 e. The maximum atomic E-state index is 12.5. The number of hydrogen-bond donors (Lipinski definition) is 2. The SMILES string of the molecule is O=C(OC(CO)C/C=C/c1cccc(NS(=O)(=O)c2ccccc2)c1)c1ccccc1. The summed E-state index contributed by atoms with van der Waals surface area (Å²) in [6, 6.07) is 23.6. The Bertz CT molecular complexity index is 1130. The summed E-state index contributed by atoms with van der Waals surface area (Å²) in [7, 11) is -3.67. The summed E-state index contributed by atoms with van der Waals surface area (Å²) in [5, 5.41) is 9.51. The van der Waals surface area contributed by atoms with Crippen molar-refractivity contribution in [2.75, 3.05) is 11.3 Å². The van der Waals surface area contributed by atoms with Crippen LogP contribution in [0.4, 0.5) is 5.69 Å². The number of ether oxygens (including phenoxy) is 1. The molecule has 0 bridgehead atoms. The van der Waals surface area contributed by atoms with Crippen LogP contribution in [0, 0.1) is 0 Å². The van der Waals surface area contributed by atoms with Crippen LogP contribution in [0.1, 0.15) is 22.3 Å². The molecule has 0 saturated carbocycles. The van der Waals surface area contributed by atoms with Crippen LogP contribution in [0.2, 0.25) is 0 Å². The van der Waals surface area contributed by atoms with Crippen LogP contribution in [0.25, 0.3) is 6.08 Å². The van der Waals surface area contributed by atoms with Gasteiger partial charge >= 0.3 is 5.97 Å². The van der Waals surface area contributed by atoms with Gasteiger partial charge in [-0.3, -0.25) is 4.72 Å². The van der Waals surface area contributed by atoms with E-state index in [-0.39, 0.29) is 11.5 Å². The first kappa shape index (κ1) is 22.3. The molecule has 3 aromatic rings. The highest BCUT2D eigenvalue weighted by atomic mass is 32.2. The van der Waals surface area contributed by atoms with Gasteiger partial charge < -0.3 is 9.84 Å². The van der Waals surface area contributed by atoms with Crippen molar-refractivity contribution < 1.29 is 23.1 Å². The molecule has 0 aliphatic rings. The van der Waals surface area contributed by atoms with E-state index in [1.807, 2.05) is 6.07 Å². The molecular weight excluding hydrogens is 414 g/mol. The van der Waals surface area contributed by atoms with Gasteiger partial charge in [-0.05, 0) is 42.0 Å². The van der Waals surface area contributed by atoms with Crippen LogP contribution in [0.5, 0.6) is 0 Å². The third-order valence-electron chi connectivity index (χ3n) is 4.39. The molecule has 0 aromatic heterocycles. The molecule has 0 radical (unpaired) electrons. The van der Waals surface area contributed by atoms with Crippen molar-refractivity contribution in [1.29, 1.82) is 0 Å². The van der Waals surface area contributed by atoms with Crippen LogP contribution in [-0.2, 0) is 14.8 Å². The molecule has 1 atom stereocenters. The van der Waals surface area contributed by atoms with E-state index in [9.17, 15) is 18.3 Å². The Morgan fingerprint density at radius 2 is 1.65 bits per heavy atom. The zero-order valence-corrected chi connectivity index (χ0v) is 17.5. The fraction of sp³-hybridized carbons (Fsp3) is 0.125. The van der Waals surface area contributed by atoms with Gasteiger partial charge in [-0.25, -0.2) is 13.2 Å². The minimum Gasteiger partial charge on any atom is -0.456 e. The maximum absolute atomic E-state index is 12.5. The first-order chi connectivity index (χ1) is 15.0. The predicted molar refractivity (Wildman–Crippen MR) is 120 cm³/mol. The molecule has 0 amide bonds. The normalized spacial score (nSPS) is 12.4. The van der Waals surface area contributed by atoms with E-state index in [0.29, 0.717) is 17.7 Å².